The molecule has 0 aromatic carbocycles. The second-order valence-corrected chi connectivity index (χ2v) is 3.18. The highest BCUT2D eigenvalue weighted by Crippen LogP contribution is 2.12. The molecule has 0 spiro atoms. The van der Waals surface area contributed by atoms with Crippen molar-refractivity contribution in [1.82, 2.24) is 5.32 Å². The van der Waals surface area contributed by atoms with Crippen LogP contribution in [-0.4, -0.2) is 13.0 Å². The molecule has 70 valence electrons. The maximum absolute atomic E-state index is 10.0. The summed E-state index contributed by atoms with van der Waals surface area (Å²) in [7, 11) is 0. The first-order valence-corrected chi connectivity index (χ1v) is 4.53. The number of amides is 1. The van der Waals surface area contributed by atoms with Gasteiger partial charge in [-0.3, -0.25) is 4.79 Å². The summed E-state index contributed by atoms with van der Waals surface area (Å²) >= 11 is 0. The van der Waals surface area contributed by atoms with Gasteiger partial charge in [-0.25, -0.2) is 0 Å². The van der Waals surface area contributed by atoms with Crippen molar-refractivity contribution in [2.24, 2.45) is 0 Å². The lowest BCUT2D eigenvalue weighted by molar-refractivity contribution is -0.109. The van der Waals surface area contributed by atoms with Crippen molar-refractivity contribution in [1.29, 1.82) is 0 Å². The van der Waals surface area contributed by atoms with Gasteiger partial charge in [0.15, 0.2) is 0 Å². The Morgan fingerprint density at radius 1 is 1.54 bits per heavy atom. The minimum atomic E-state index is 0.715. The van der Waals surface area contributed by atoms with Crippen LogP contribution < -0.4 is 5.32 Å². The number of rotatable bonds is 4. The van der Waals surface area contributed by atoms with Crippen molar-refractivity contribution in [3.05, 3.63) is 35.5 Å². The zero-order chi connectivity index (χ0) is 9.52. The fourth-order valence-corrected chi connectivity index (χ4v) is 1.21. The third-order valence-corrected chi connectivity index (χ3v) is 2.00. The first-order valence-electron chi connectivity index (χ1n) is 4.53. The van der Waals surface area contributed by atoms with Crippen LogP contribution in [-0.2, 0) is 4.79 Å². The second kappa shape index (κ2) is 5.36. The lowest BCUT2D eigenvalue weighted by Gasteiger charge is -1.98. The molecule has 1 amide bonds. The normalized spacial score (nSPS) is 15.8. The largest absolute Gasteiger partial charge is 0.358 e. The van der Waals surface area contributed by atoms with E-state index < -0.39 is 0 Å². The Morgan fingerprint density at radius 2 is 2.38 bits per heavy atom. The topological polar surface area (TPSA) is 29.1 Å². The van der Waals surface area contributed by atoms with Gasteiger partial charge in [0, 0.05) is 6.54 Å². The van der Waals surface area contributed by atoms with Crippen molar-refractivity contribution in [3.8, 4) is 0 Å². The van der Waals surface area contributed by atoms with E-state index in [9.17, 15) is 4.79 Å². The zero-order valence-electron chi connectivity index (χ0n) is 7.92. The number of carbonyl (C=O) groups is 1. The quantitative estimate of drug-likeness (QED) is 0.516. The Balaban J connectivity index is 2.44. The van der Waals surface area contributed by atoms with Gasteiger partial charge >= 0.3 is 0 Å². The van der Waals surface area contributed by atoms with Gasteiger partial charge in [-0.15, -0.1) is 0 Å². The average Bonchev–Trinajstić information content (AvgIpc) is 2.32. The molecular weight excluding hydrogens is 162 g/mol. The number of carbonyl (C=O) groups excluding carboxylic acids is 1. The lowest BCUT2D eigenvalue weighted by atomic mass is 10.1. The van der Waals surface area contributed by atoms with E-state index in [4.69, 9.17) is 0 Å². The smallest absolute Gasteiger partial charge is 0.207 e. The summed E-state index contributed by atoms with van der Waals surface area (Å²) in [5.74, 6) is 0. The van der Waals surface area contributed by atoms with Crippen molar-refractivity contribution < 1.29 is 4.79 Å². The molecule has 1 aliphatic rings. The molecule has 0 aromatic heterocycles. The van der Waals surface area contributed by atoms with Gasteiger partial charge in [-0.1, -0.05) is 29.9 Å². The zero-order valence-corrected chi connectivity index (χ0v) is 7.92. The van der Waals surface area contributed by atoms with Gasteiger partial charge in [-0.05, 0) is 25.3 Å². The molecule has 0 saturated heterocycles. The van der Waals surface area contributed by atoms with Gasteiger partial charge in [0.2, 0.25) is 6.41 Å². The molecule has 0 aliphatic heterocycles. The highest BCUT2D eigenvalue weighted by Gasteiger charge is 1.95. The average molecular weight is 177 g/mol. The summed E-state index contributed by atoms with van der Waals surface area (Å²) in [6, 6.07) is 0. The minimum Gasteiger partial charge on any atom is -0.358 e. The van der Waals surface area contributed by atoms with E-state index in [1.54, 1.807) is 0 Å². The summed E-state index contributed by atoms with van der Waals surface area (Å²) in [4.78, 5) is 10.0. The molecule has 0 saturated carbocycles. The van der Waals surface area contributed by atoms with E-state index >= 15 is 0 Å². The molecule has 2 nitrogen and oxygen atoms in total. The number of hydrogen-bond acceptors (Lipinski definition) is 1. The molecule has 1 N–H and O–H groups in total. The standard InChI is InChI=1S/C11H15NO/c1-10-3-2-4-11(6-5-10)7-8-12-9-13/h2,4-6,9H,3,7-8H2,1H3,(H,12,13). The molecule has 2 heteroatoms. The monoisotopic (exact) mass is 177 g/mol. The highest BCUT2D eigenvalue weighted by atomic mass is 16.1. The summed E-state index contributed by atoms with van der Waals surface area (Å²) < 4.78 is 0. The highest BCUT2D eigenvalue weighted by molar-refractivity contribution is 5.46. The Hall–Kier alpha value is -1.31. The molecule has 1 aliphatic carbocycles. The molecule has 13 heavy (non-hydrogen) atoms. The van der Waals surface area contributed by atoms with Gasteiger partial charge in [0.1, 0.15) is 0 Å². The van der Waals surface area contributed by atoms with Crippen LogP contribution in [0.25, 0.3) is 0 Å². The minimum absolute atomic E-state index is 0.715. The van der Waals surface area contributed by atoms with E-state index in [2.05, 4.69) is 36.5 Å². The van der Waals surface area contributed by atoms with E-state index in [1.807, 2.05) is 0 Å². The van der Waals surface area contributed by atoms with Crippen molar-refractivity contribution >= 4 is 6.41 Å². The van der Waals surface area contributed by atoms with Crippen LogP contribution in [0.4, 0.5) is 0 Å². The fraction of sp³-hybridized carbons (Fsp3) is 0.364. The van der Waals surface area contributed by atoms with Gasteiger partial charge in [0.25, 0.3) is 0 Å². The Morgan fingerprint density at radius 3 is 3.15 bits per heavy atom. The predicted octanol–water partition coefficient (Wildman–Crippen LogP) is 1.96. The van der Waals surface area contributed by atoms with Crippen LogP contribution in [0.3, 0.4) is 0 Å². The fourth-order valence-electron chi connectivity index (χ4n) is 1.21. The van der Waals surface area contributed by atoms with Crippen LogP contribution in [0.5, 0.6) is 0 Å². The first kappa shape index (κ1) is 9.78. The summed E-state index contributed by atoms with van der Waals surface area (Å²) in [5, 5.41) is 2.65. The summed E-state index contributed by atoms with van der Waals surface area (Å²) in [5.41, 5.74) is 2.64. The van der Waals surface area contributed by atoms with Crippen molar-refractivity contribution in [3.63, 3.8) is 0 Å². The van der Waals surface area contributed by atoms with E-state index in [1.165, 1.54) is 11.1 Å². The van der Waals surface area contributed by atoms with Crippen molar-refractivity contribution in [2.75, 3.05) is 6.54 Å². The second-order valence-electron chi connectivity index (χ2n) is 3.18. The molecular formula is C11H15NO. The molecule has 0 heterocycles. The molecule has 0 aromatic rings. The maximum atomic E-state index is 10.0. The van der Waals surface area contributed by atoms with Crippen LogP contribution in [0, 0.1) is 0 Å². The van der Waals surface area contributed by atoms with Gasteiger partial charge in [0.05, 0.1) is 0 Å². The Bertz CT molecular complexity index is 261. The molecule has 1 rings (SSSR count). The van der Waals surface area contributed by atoms with Crippen LogP contribution in [0.15, 0.2) is 35.5 Å². The Kier molecular flexibility index (Phi) is 4.03. The van der Waals surface area contributed by atoms with Gasteiger partial charge < -0.3 is 5.32 Å². The maximum Gasteiger partial charge on any atom is 0.207 e. The summed E-state index contributed by atoms with van der Waals surface area (Å²) in [6.45, 7) is 2.83. The predicted molar refractivity (Wildman–Crippen MR) is 54.3 cm³/mol. The first-order chi connectivity index (χ1) is 6.33. The third kappa shape index (κ3) is 3.74. The molecule has 0 unspecified atom stereocenters. The number of hydrogen-bond donors (Lipinski definition) is 1. The molecule has 0 radical (unpaired) electrons. The lowest BCUT2D eigenvalue weighted by Crippen LogP contribution is -2.12. The third-order valence-electron chi connectivity index (χ3n) is 2.00. The molecule has 0 bridgehead atoms. The SMILES string of the molecule is CC1=CC=C(CCNC=O)C=CC1. The van der Waals surface area contributed by atoms with Crippen LogP contribution in [0.2, 0.25) is 0 Å². The number of allylic oxidation sites excluding steroid dienone is 5. The Labute approximate surface area is 79.0 Å². The molecule has 0 atom stereocenters. The summed E-state index contributed by atoms with van der Waals surface area (Å²) in [6.07, 6.45) is 11.2. The van der Waals surface area contributed by atoms with E-state index in [-0.39, 0.29) is 0 Å². The number of nitrogens with one attached hydrogen (secondary N) is 1. The van der Waals surface area contributed by atoms with E-state index in [0.717, 1.165) is 19.3 Å². The molecule has 0 fully saturated rings. The van der Waals surface area contributed by atoms with Crippen molar-refractivity contribution in [2.45, 2.75) is 19.8 Å². The van der Waals surface area contributed by atoms with Crippen LogP contribution in [0.1, 0.15) is 19.8 Å². The van der Waals surface area contributed by atoms with Crippen LogP contribution >= 0.6 is 0 Å². The van der Waals surface area contributed by atoms with E-state index in [0.29, 0.717) is 6.54 Å². The van der Waals surface area contributed by atoms with Gasteiger partial charge in [-0.2, -0.15) is 0 Å².